The molecule has 58 valence electrons. The maximum atomic E-state index is 10.5. The molecule has 0 aromatic rings. The standard InChI is InChI=1S/C7H12O3/c1-2-6-5(7(8)9)3-4-10-6/h5-6H,2-4H2,1H3,(H,8,9)/t5-,6-/m0/s1. The van der Waals surface area contributed by atoms with Crippen LogP contribution in [0.3, 0.4) is 0 Å². The molecule has 1 aliphatic heterocycles. The molecule has 0 spiro atoms. The van der Waals surface area contributed by atoms with Crippen molar-refractivity contribution < 1.29 is 14.6 Å². The lowest BCUT2D eigenvalue weighted by Gasteiger charge is -2.10. The molecule has 10 heavy (non-hydrogen) atoms. The van der Waals surface area contributed by atoms with Crippen molar-refractivity contribution in [2.24, 2.45) is 5.92 Å². The molecule has 2 atom stereocenters. The first-order valence-electron chi connectivity index (χ1n) is 3.60. The summed E-state index contributed by atoms with van der Waals surface area (Å²) in [5.41, 5.74) is 0. The highest BCUT2D eigenvalue weighted by molar-refractivity contribution is 5.71. The molecule has 1 heterocycles. The highest BCUT2D eigenvalue weighted by Crippen LogP contribution is 2.22. The highest BCUT2D eigenvalue weighted by atomic mass is 16.5. The van der Waals surface area contributed by atoms with Gasteiger partial charge in [0.05, 0.1) is 12.0 Å². The van der Waals surface area contributed by atoms with E-state index in [0.717, 1.165) is 6.42 Å². The summed E-state index contributed by atoms with van der Waals surface area (Å²) >= 11 is 0. The minimum atomic E-state index is -0.718. The molecule has 1 N–H and O–H groups in total. The predicted molar refractivity (Wildman–Crippen MR) is 35.8 cm³/mol. The number of hydrogen-bond acceptors (Lipinski definition) is 2. The van der Waals surface area contributed by atoms with Crippen LogP contribution in [0.15, 0.2) is 0 Å². The lowest BCUT2D eigenvalue weighted by Crippen LogP contribution is -2.22. The van der Waals surface area contributed by atoms with Crippen molar-refractivity contribution in [3.8, 4) is 0 Å². The molecule has 0 aliphatic carbocycles. The summed E-state index contributed by atoms with van der Waals surface area (Å²) in [6.07, 6.45) is 1.43. The summed E-state index contributed by atoms with van der Waals surface area (Å²) in [7, 11) is 0. The maximum absolute atomic E-state index is 10.5. The third-order valence-corrected chi connectivity index (χ3v) is 1.93. The van der Waals surface area contributed by atoms with Gasteiger partial charge in [-0.3, -0.25) is 4.79 Å². The second-order valence-electron chi connectivity index (χ2n) is 2.55. The molecule has 3 nitrogen and oxygen atoms in total. The minimum absolute atomic E-state index is 0.0440. The van der Waals surface area contributed by atoms with Crippen LogP contribution in [0.4, 0.5) is 0 Å². The Hall–Kier alpha value is -0.570. The van der Waals surface area contributed by atoms with Crippen LogP contribution in [0.2, 0.25) is 0 Å². The van der Waals surface area contributed by atoms with Gasteiger partial charge in [0.2, 0.25) is 0 Å². The summed E-state index contributed by atoms with van der Waals surface area (Å²) in [5, 5.41) is 8.63. The molecule has 0 unspecified atom stereocenters. The number of hydrogen-bond donors (Lipinski definition) is 1. The van der Waals surface area contributed by atoms with Crippen molar-refractivity contribution in [3.63, 3.8) is 0 Å². The monoisotopic (exact) mass is 144 g/mol. The fraction of sp³-hybridized carbons (Fsp3) is 0.857. The van der Waals surface area contributed by atoms with Gasteiger partial charge in [-0.1, -0.05) is 6.92 Å². The fourth-order valence-corrected chi connectivity index (χ4v) is 1.33. The van der Waals surface area contributed by atoms with Gasteiger partial charge >= 0.3 is 5.97 Å². The third kappa shape index (κ3) is 1.29. The topological polar surface area (TPSA) is 46.5 Å². The predicted octanol–water partition coefficient (Wildman–Crippen LogP) is 0.886. The molecule has 1 saturated heterocycles. The third-order valence-electron chi connectivity index (χ3n) is 1.93. The number of carboxylic acids is 1. The zero-order chi connectivity index (χ0) is 7.56. The Balaban J connectivity index is 2.50. The van der Waals surface area contributed by atoms with Crippen LogP contribution in [0.25, 0.3) is 0 Å². The second-order valence-corrected chi connectivity index (χ2v) is 2.55. The van der Waals surface area contributed by atoms with Crippen molar-refractivity contribution in [3.05, 3.63) is 0 Å². The molecule has 1 fully saturated rings. The van der Waals surface area contributed by atoms with Gasteiger partial charge in [-0.15, -0.1) is 0 Å². The Labute approximate surface area is 60.0 Å². The highest BCUT2D eigenvalue weighted by Gasteiger charge is 2.32. The normalized spacial score (nSPS) is 32.5. The van der Waals surface area contributed by atoms with Gasteiger partial charge in [-0.25, -0.2) is 0 Å². The Bertz CT molecular complexity index is 133. The Morgan fingerprint density at radius 1 is 1.80 bits per heavy atom. The first kappa shape index (κ1) is 7.54. The molecular formula is C7H12O3. The molecule has 1 aliphatic rings. The quantitative estimate of drug-likeness (QED) is 0.626. The summed E-state index contributed by atoms with van der Waals surface area (Å²) in [5.74, 6) is -0.977. The molecule has 0 bridgehead atoms. The van der Waals surface area contributed by atoms with Gasteiger partial charge in [0.25, 0.3) is 0 Å². The van der Waals surface area contributed by atoms with E-state index in [1.165, 1.54) is 0 Å². The lowest BCUT2D eigenvalue weighted by molar-refractivity contribution is -0.143. The number of aliphatic carboxylic acids is 1. The van der Waals surface area contributed by atoms with Crippen molar-refractivity contribution in [1.29, 1.82) is 0 Å². The molecule has 0 radical (unpaired) electrons. The zero-order valence-corrected chi connectivity index (χ0v) is 6.04. The summed E-state index contributed by atoms with van der Waals surface area (Å²) in [6, 6.07) is 0. The fourth-order valence-electron chi connectivity index (χ4n) is 1.33. The Morgan fingerprint density at radius 3 is 2.90 bits per heavy atom. The first-order chi connectivity index (χ1) is 4.75. The van der Waals surface area contributed by atoms with Crippen molar-refractivity contribution >= 4 is 5.97 Å². The van der Waals surface area contributed by atoms with E-state index in [4.69, 9.17) is 9.84 Å². The molecule has 1 rings (SSSR count). The van der Waals surface area contributed by atoms with E-state index < -0.39 is 5.97 Å². The largest absolute Gasteiger partial charge is 0.481 e. The maximum Gasteiger partial charge on any atom is 0.309 e. The summed E-state index contributed by atoms with van der Waals surface area (Å²) < 4.78 is 5.20. The van der Waals surface area contributed by atoms with Crippen LogP contribution in [-0.4, -0.2) is 23.8 Å². The van der Waals surface area contributed by atoms with Crippen LogP contribution < -0.4 is 0 Å². The van der Waals surface area contributed by atoms with Gasteiger partial charge in [0, 0.05) is 6.61 Å². The number of rotatable bonds is 2. The van der Waals surface area contributed by atoms with Crippen LogP contribution >= 0.6 is 0 Å². The van der Waals surface area contributed by atoms with Crippen LogP contribution in [0.1, 0.15) is 19.8 Å². The van der Waals surface area contributed by atoms with Crippen molar-refractivity contribution in [2.45, 2.75) is 25.9 Å². The molecule has 0 aromatic heterocycles. The van der Waals surface area contributed by atoms with E-state index >= 15 is 0 Å². The van der Waals surface area contributed by atoms with Crippen molar-refractivity contribution in [2.75, 3.05) is 6.61 Å². The average molecular weight is 144 g/mol. The van der Waals surface area contributed by atoms with Gasteiger partial charge in [-0.05, 0) is 12.8 Å². The molecule has 3 heteroatoms. The van der Waals surface area contributed by atoms with E-state index in [1.807, 2.05) is 6.92 Å². The van der Waals surface area contributed by atoms with E-state index in [9.17, 15) is 4.79 Å². The Morgan fingerprint density at radius 2 is 2.50 bits per heavy atom. The van der Waals surface area contributed by atoms with E-state index in [-0.39, 0.29) is 12.0 Å². The zero-order valence-electron chi connectivity index (χ0n) is 6.04. The molecule has 0 amide bonds. The van der Waals surface area contributed by atoms with Crippen LogP contribution in [0, 0.1) is 5.92 Å². The molecular weight excluding hydrogens is 132 g/mol. The van der Waals surface area contributed by atoms with Gasteiger partial charge < -0.3 is 9.84 Å². The second kappa shape index (κ2) is 3.01. The lowest BCUT2D eigenvalue weighted by atomic mass is 10.0. The first-order valence-corrected chi connectivity index (χ1v) is 3.60. The molecule has 0 saturated carbocycles. The number of carbonyl (C=O) groups is 1. The van der Waals surface area contributed by atoms with E-state index in [0.29, 0.717) is 13.0 Å². The average Bonchev–Trinajstić information content (AvgIpc) is 2.33. The number of carboxylic acid groups (broad SMARTS) is 1. The van der Waals surface area contributed by atoms with Crippen LogP contribution in [-0.2, 0) is 9.53 Å². The number of ether oxygens (including phenoxy) is 1. The van der Waals surface area contributed by atoms with Gasteiger partial charge in [0.15, 0.2) is 0 Å². The van der Waals surface area contributed by atoms with Gasteiger partial charge in [0.1, 0.15) is 0 Å². The molecule has 0 aromatic carbocycles. The smallest absolute Gasteiger partial charge is 0.309 e. The Kier molecular flexibility index (Phi) is 2.27. The summed E-state index contributed by atoms with van der Waals surface area (Å²) in [6.45, 7) is 2.56. The van der Waals surface area contributed by atoms with E-state index in [2.05, 4.69) is 0 Å². The SMILES string of the molecule is CC[C@@H]1OCC[C@@H]1C(=O)O. The van der Waals surface area contributed by atoms with E-state index in [1.54, 1.807) is 0 Å². The van der Waals surface area contributed by atoms with Gasteiger partial charge in [-0.2, -0.15) is 0 Å². The summed E-state index contributed by atoms with van der Waals surface area (Å²) in [4.78, 5) is 10.5. The van der Waals surface area contributed by atoms with Crippen molar-refractivity contribution in [1.82, 2.24) is 0 Å². The van der Waals surface area contributed by atoms with Crippen LogP contribution in [0.5, 0.6) is 0 Å². The minimum Gasteiger partial charge on any atom is -0.481 e.